The molecule has 0 spiro atoms. The molecule has 5 nitrogen and oxygen atoms in total. The van der Waals surface area contributed by atoms with E-state index < -0.39 is 0 Å². The monoisotopic (exact) mass is 263 g/mol. The predicted molar refractivity (Wildman–Crippen MR) is 79.5 cm³/mol. The van der Waals surface area contributed by atoms with E-state index >= 15 is 0 Å². The van der Waals surface area contributed by atoms with E-state index in [2.05, 4.69) is 34.0 Å². The van der Waals surface area contributed by atoms with Crippen LogP contribution in [0.1, 0.15) is 32.5 Å². The van der Waals surface area contributed by atoms with Gasteiger partial charge in [-0.1, -0.05) is 0 Å². The SMILES string of the molecule is Cc1nc(NC(C)C)cc(N2CCCC(CN)C2)n1. The van der Waals surface area contributed by atoms with Crippen molar-refractivity contribution in [2.45, 2.75) is 39.7 Å². The number of hydrogen-bond donors (Lipinski definition) is 2. The second kappa shape index (κ2) is 6.19. The third kappa shape index (κ3) is 3.80. The van der Waals surface area contributed by atoms with Gasteiger partial charge in [-0.25, -0.2) is 9.97 Å². The van der Waals surface area contributed by atoms with Gasteiger partial charge in [0.25, 0.3) is 0 Å². The summed E-state index contributed by atoms with van der Waals surface area (Å²) < 4.78 is 0. The second-order valence-electron chi connectivity index (χ2n) is 5.65. The first-order chi connectivity index (χ1) is 9.08. The van der Waals surface area contributed by atoms with Crippen LogP contribution in [0.2, 0.25) is 0 Å². The zero-order chi connectivity index (χ0) is 13.8. The lowest BCUT2D eigenvalue weighted by atomic mass is 9.98. The average Bonchev–Trinajstić information content (AvgIpc) is 2.37. The molecule has 0 bridgehead atoms. The zero-order valence-corrected chi connectivity index (χ0v) is 12.2. The van der Waals surface area contributed by atoms with E-state index in [4.69, 9.17) is 5.73 Å². The Balaban J connectivity index is 2.16. The standard InChI is InChI=1S/C14H25N5/c1-10(2)16-13-7-14(18-11(3)17-13)19-6-4-5-12(8-15)9-19/h7,10,12H,4-6,8-9,15H2,1-3H3,(H,16,17,18). The first-order valence-corrected chi connectivity index (χ1v) is 7.15. The van der Waals surface area contributed by atoms with Crippen LogP contribution in [0.4, 0.5) is 11.6 Å². The molecule has 1 saturated heterocycles. The van der Waals surface area contributed by atoms with Crippen molar-refractivity contribution in [1.82, 2.24) is 9.97 Å². The van der Waals surface area contributed by atoms with Gasteiger partial charge in [0.15, 0.2) is 0 Å². The van der Waals surface area contributed by atoms with Gasteiger partial charge in [-0.15, -0.1) is 0 Å². The second-order valence-corrected chi connectivity index (χ2v) is 5.65. The summed E-state index contributed by atoms with van der Waals surface area (Å²) in [6.07, 6.45) is 2.42. The maximum absolute atomic E-state index is 5.80. The van der Waals surface area contributed by atoms with Crippen LogP contribution < -0.4 is 16.0 Å². The molecule has 1 aromatic heterocycles. The maximum atomic E-state index is 5.80. The zero-order valence-electron chi connectivity index (χ0n) is 12.2. The van der Waals surface area contributed by atoms with Crippen molar-refractivity contribution in [2.75, 3.05) is 29.9 Å². The normalized spacial score (nSPS) is 19.8. The molecule has 0 radical (unpaired) electrons. The van der Waals surface area contributed by atoms with Crippen molar-refractivity contribution >= 4 is 11.6 Å². The quantitative estimate of drug-likeness (QED) is 0.866. The number of nitrogens with one attached hydrogen (secondary N) is 1. The largest absolute Gasteiger partial charge is 0.368 e. The van der Waals surface area contributed by atoms with Gasteiger partial charge in [0.1, 0.15) is 17.5 Å². The molecule has 5 heteroatoms. The molecule has 0 amide bonds. The van der Waals surface area contributed by atoms with Crippen LogP contribution in [0.25, 0.3) is 0 Å². The van der Waals surface area contributed by atoms with Gasteiger partial charge in [0, 0.05) is 25.2 Å². The van der Waals surface area contributed by atoms with Gasteiger partial charge in [0.2, 0.25) is 0 Å². The van der Waals surface area contributed by atoms with Crippen molar-refractivity contribution in [3.8, 4) is 0 Å². The third-order valence-electron chi connectivity index (χ3n) is 3.44. The van der Waals surface area contributed by atoms with Gasteiger partial charge in [-0.3, -0.25) is 0 Å². The highest BCUT2D eigenvalue weighted by atomic mass is 15.2. The minimum absolute atomic E-state index is 0.375. The van der Waals surface area contributed by atoms with E-state index in [9.17, 15) is 0 Å². The summed E-state index contributed by atoms with van der Waals surface area (Å²) in [5.74, 6) is 3.34. The Morgan fingerprint density at radius 2 is 2.26 bits per heavy atom. The van der Waals surface area contributed by atoms with Gasteiger partial charge in [0.05, 0.1) is 0 Å². The highest BCUT2D eigenvalue weighted by Crippen LogP contribution is 2.23. The molecule has 1 aliphatic heterocycles. The van der Waals surface area contributed by atoms with E-state index in [1.165, 1.54) is 12.8 Å². The van der Waals surface area contributed by atoms with Gasteiger partial charge >= 0.3 is 0 Å². The number of hydrogen-bond acceptors (Lipinski definition) is 5. The van der Waals surface area contributed by atoms with Gasteiger partial charge in [-0.2, -0.15) is 0 Å². The Labute approximate surface area is 115 Å². The summed E-state index contributed by atoms with van der Waals surface area (Å²) in [6, 6.07) is 2.42. The summed E-state index contributed by atoms with van der Waals surface area (Å²) in [7, 11) is 0. The predicted octanol–water partition coefficient (Wildman–Crippen LogP) is 1.78. The van der Waals surface area contributed by atoms with E-state index in [1.807, 2.05) is 13.0 Å². The van der Waals surface area contributed by atoms with Crippen molar-refractivity contribution in [3.63, 3.8) is 0 Å². The van der Waals surface area contributed by atoms with E-state index in [0.717, 1.165) is 37.1 Å². The fourth-order valence-electron chi connectivity index (χ4n) is 2.55. The molecular formula is C14H25N5. The molecular weight excluding hydrogens is 238 g/mol. The summed E-state index contributed by atoms with van der Waals surface area (Å²) in [6.45, 7) is 9.00. The summed E-state index contributed by atoms with van der Waals surface area (Å²) in [5, 5.41) is 3.35. The number of piperidine rings is 1. The first kappa shape index (κ1) is 14.1. The van der Waals surface area contributed by atoms with Crippen LogP contribution in [0.5, 0.6) is 0 Å². The lowest BCUT2D eigenvalue weighted by Gasteiger charge is -2.33. The molecule has 19 heavy (non-hydrogen) atoms. The highest BCUT2D eigenvalue weighted by Gasteiger charge is 2.20. The molecule has 0 aromatic carbocycles. The lowest BCUT2D eigenvalue weighted by Crippen LogP contribution is -2.39. The number of rotatable bonds is 4. The van der Waals surface area contributed by atoms with E-state index in [0.29, 0.717) is 12.0 Å². The summed E-state index contributed by atoms with van der Waals surface area (Å²) >= 11 is 0. The van der Waals surface area contributed by atoms with Crippen molar-refractivity contribution < 1.29 is 0 Å². The topological polar surface area (TPSA) is 67.1 Å². The van der Waals surface area contributed by atoms with Crippen molar-refractivity contribution in [3.05, 3.63) is 11.9 Å². The minimum Gasteiger partial charge on any atom is -0.368 e. The molecule has 3 N–H and O–H groups in total. The molecule has 1 atom stereocenters. The Kier molecular flexibility index (Phi) is 4.58. The van der Waals surface area contributed by atoms with E-state index in [-0.39, 0.29) is 0 Å². The Morgan fingerprint density at radius 1 is 1.47 bits per heavy atom. The molecule has 106 valence electrons. The van der Waals surface area contributed by atoms with Crippen LogP contribution in [0.3, 0.4) is 0 Å². The van der Waals surface area contributed by atoms with E-state index in [1.54, 1.807) is 0 Å². The molecule has 1 unspecified atom stereocenters. The van der Waals surface area contributed by atoms with Crippen molar-refractivity contribution in [2.24, 2.45) is 11.7 Å². The first-order valence-electron chi connectivity index (χ1n) is 7.15. The molecule has 2 heterocycles. The van der Waals surface area contributed by atoms with Crippen LogP contribution in [0.15, 0.2) is 6.07 Å². The Bertz CT molecular complexity index is 418. The molecule has 0 saturated carbocycles. The van der Waals surface area contributed by atoms with Gasteiger partial charge < -0.3 is 16.0 Å². The Morgan fingerprint density at radius 3 is 2.95 bits per heavy atom. The average molecular weight is 263 g/mol. The lowest BCUT2D eigenvalue weighted by molar-refractivity contribution is 0.421. The molecule has 1 aliphatic rings. The number of aryl methyl sites for hydroxylation is 1. The van der Waals surface area contributed by atoms with Crippen LogP contribution >= 0.6 is 0 Å². The van der Waals surface area contributed by atoms with Crippen LogP contribution in [-0.4, -0.2) is 35.6 Å². The summed E-state index contributed by atoms with van der Waals surface area (Å²) in [5.41, 5.74) is 5.80. The highest BCUT2D eigenvalue weighted by molar-refractivity contribution is 5.50. The maximum Gasteiger partial charge on any atom is 0.134 e. The fourth-order valence-corrected chi connectivity index (χ4v) is 2.55. The number of nitrogens with zero attached hydrogens (tertiary/aromatic N) is 3. The number of anilines is 2. The third-order valence-corrected chi connectivity index (χ3v) is 3.44. The molecule has 1 aromatic rings. The molecule has 0 aliphatic carbocycles. The number of aromatic nitrogens is 2. The fraction of sp³-hybridized carbons (Fsp3) is 0.714. The van der Waals surface area contributed by atoms with Crippen molar-refractivity contribution in [1.29, 1.82) is 0 Å². The summed E-state index contributed by atoms with van der Waals surface area (Å²) in [4.78, 5) is 11.3. The van der Waals surface area contributed by atoms with Crippen LogP contribution in [0, 0.1) is 12.8 Å². The van der Waals surface area contributed by atoms with Gasteiger partial charge in [-0.05, 0) is 46.1 Å². The number of nitrogens with two attached hydrogens (primary N) is 1. The smallest absolute Gasteiger partial charge is 0.134 e. The molecule has 2 rings (SSSR count). The van der Waals surface area contributed by atoms with Crippen LogP contribution in [-0.2, 0) is 0 Å². The molecule has 1 fully saturated rings. The Hall–Kier alpha value is -1.36. The minimum atomic E-state index is 0.375.